The molecule has 3 aromatic carbocycles. The molecule has 0 heterocycles. The van der Waals surface area contributed by atoms with E-state index in [0.29, 0.717) is 13.0 Å². The van der Waals surface area contributed by atoms with Gasteiger partial charge in [-0.05, 0) is 60.7 Å². The van der Waals surface area contributed by atoms with Crippen molar-refractivity contribution in [1.29, 1.82) is 0 Å². The Morgan fingerprint density at radius 2 is 1.77 bits per heavy atom. The van der Waals surface area contributed by atoms with Crippen LogP contribution >= 0.6 is 23.4 Å². The molecule has 3 nitrogen and oxygen atoms in total. The first kappa shape index (κ1) is 22.7. The highest BCUT2D eigenvalue weighted by Crippen LogP contribution is 2.33. The highest BCUT2D eigenvalue weighted by molar-refractivity contribution is 7.99. The molecule has 1 unspecified atom stereocenters. The van der Waals surface area contributed by atoms with E-state index in [1.54, 1.807) is 11.8 Å². The summed E-state index contributed by atoms with van der Waals surface area (Å²) in [6.45, 7) is 2.52. The standard InChI is InChI=1S/C25H28ClNO2S/c1-2-25(27,18-28)14-13-20-11-12-23(16-24(20)26)30-22-10-6-9-21(15-22)29-17-19-7-4-3-5-8-19/h3-12,15-16,28H,2,13-14,17-18,27H2,1H3. The minimum absolute atomic E-state index is 0.0161. The van der Waals surface area contributed by atoms with E-state index in [1.165, 1.54) is 0 Å². The Hall–Kier alpha value is -1.98. The number of halogens is 1. The van der Waals surface area contributed by atoms with Gasteiger partial charge in [0.15, 0.2) is 0 Å². The second-order valence-electron chi connectivity index (χ2n) is 7.48. The largest absolute Gasteiger partial charge is 0.489 e. The summed E-state index contributed by atoms with van der Waals surface area (Å²) in [5, 5.41) is 10.2. The summed E-state index contributed by atoms with van der Waals surface area (Å²) < 4.78 is 5.93. The predicted octanol–water partition coefficient (Wildman–Crippen LogP) is 6.10. The van der Waals surface area contributed by atoms with E-state index in [-0.39, 0.29) is 6.61 Å². The zero-order chi connectivity index (χ0) is 21.4. The van der Waals surface area contributed by atoms with Gasteiger partial charge in [0.05, 0.1) is 6.61 Å². The molecule has 3 rings (SSSR count). The van der Waals surface area contributed by atoms with Crippen molar-refractivity contribution in [2.75, 3.05) is 6.61 Å². The van der Waals surface area contributed by atoms with Crippen LogP contribution in [-0.2, 0) is 13.0 Å². The SMILES string of the molecule is CCC(N)(CO)CCc1ccc(Sc2cccc(OCc3ccccc3)c2)cc1Cl. The minimum Gasteiger partial charge on any atom is -0.489 e. The van der Waals surface area contributed by atoms with Crippen molar-refractivity contribution in [3.05, 3.63) is 88.9 Å². The lowest BCUT2D eigenvalue weighted by Crippen LogP contribution is -2.43. The molecule has 0 spiro atoms. The lowest BCUT2D eigenvalue weighted by atomic mass is 9.90. The third-order valence-corrected chi connectivity index (χ3v) is 6.56. The van der Waals surface area contributed by atoms with Crippen molar-refractivity contribution in [3.63, 3.8) is 0 Å². The highest BCUT2D eigenvalue weighted by atomic mass is 35.5. The van der Waals surface area contributed by atoms with Gasteiger partial charge >= 0.3 is 0 Å². The first-order valence-electron chi connectivity index (χ1n) is 10.1. The summed E-state index contributed by atoms with van der Waals surface area (Å²) in [5.74, 6) is 0.842. The van der Waals surface area contributed by atoms with E-state index >= 15 is 0 Å². The Bertz CT molecular complexity index is 945. The molecule has 0 aromatic heterocycles. The molecule has 3 N–H and O–H groups in total. The van der Waals surface area contributed by atoms with Crippen LogP contribution in [0.1, 0.15) is 30.9 Å². The molecule has 0 saturated heterocycles. The van der Waals surface area contributed by atoms with E-state index in [2.05, 4.69) is 24.3 Å². The first-order valence-corrected chi connectivity index (χ1v) is 11.3. The fraction of sp³-hybridized carbons (Fsp3) is 0.280. The maximum atomic E-state index is 9.49. The van der Waals surface area contributed by atoms with E-state index in [4.69, 9.17) is 22.1 Å². The highest BCUT2D eigenvalue weighted by Gasteiger charge is 2.21. The molecule has 5 heteroatoms. The fourth-order valence-corrected chi connectivity index (χ4v) is 4.30. The van der Waals surface area contributed by atoms with Gasteiger partial charge in [-0.3, -0.25) is 0 Å². The van der Waals surface area contributed by atoms with Gasteiger partial charge in [-0.15, -0.1) is 0 Å². The molecule has 0 fully saturated rings. The molecule has 0 aliphatic carbocycles. The summed E-state index contributed by atoms with van der Waals surface area (Å²) in [6.07, 6.45) is 2.18. The van der Waals surface area contributed by atoms with Crippen molar-refractivity contribution in [2.45, 2.75) is 48.1 Å². The Kier molecular flexibility index (Phi) is 8.23. The third kappa shape index (κ3) is 6.51. The molecule has 30 heavy (non-hydrogen) atoms. The zero-order valence-electron chi connectivity index (χ0n) is 17.2. The van der Waals surface area contributed by atoms with Gasteiger partial charge in [0.25, 0.3) is 0 Å². The molecule has 0 aliphatic heterocycles. The average Bonchev–Trinajstić information content (AvgIpc) is 2.78. The number of benzene rings is 3. The predicted molar refractivity (Wildman–Crippen MR) is 125 cm³/mol. The monoisotopic (exact) mass is 441 g/mol. The summed E-state index contributed by atoms with van der Waals surface area (Å²) in [5.41, 5.74) is 7.84. The molecule has 3 aromatic rings. The Balaban J connectivity index is 1.61. The molecule has 1 atom stereocenters. The maximum Gasteiger partial charge on any atom is 0.120 e. The molecule has 0 aliphatic rings. The number of hydrogen-bond donors (Lipinski definition) is 2. The van der Waals surface area contributed by atoms with Gasteiger partial charge < -0.3 is 15.6 Å². The Morgan fingerprint density at radius 1 is 1.00 bits per heavy atom. The van der Waals surface area contributed by atoms with Crippen LogP contribution in [0.15, 0.2) is 82.6 Å². The Morgan fingerprint density at radius 3 is 2.47 bits per heavy atom. The zero-order valence-corrected chi connectivity index (χ0v) is 18.8. The van der Waals surface area contributed by atoms with E-state index < -0.39 is 5.54 Å². The molecule has 0 radical (unpaired) electrons. The molecular formula is C25H28ClNO2S. The summed E-state index contributed by atoms with van der Waals surface area (Å²) in [6, 6.07) is 24.3. The molecule has 0 amide bonds. The number of aliphatic hydroxyl groups excluding tert-OH is 1. The molecule has 0 saturated carbocycles. The molecular weight excluding hydrogens is 414 g/mol. The maximum absolute atomic E-state index is 9.49. The van der Waals surface area contributed by atoms with Crippen molar-refractivity contribution >= 4 is 23.4 Å². The van der Waals surface area contributed by atoms with E-state index in [1.807, 2.05) is 55.5 Å². The molecule has 0 bridgehead atoms. The van der Waals surface area contributed by atoms with Crippen molar-refractivity contribution in [3.8, 4) is 5.75 Å². The van der Waals surface area contributed by atoms with Crippen LogP contribution < -0.4 is 10.5 Å². The Labute approximate surface area is 188 Å². The lowest BCUT2D eigenvalue weighted by Gasteiger charge is -2.25. The third-order valence-electron chi connectivity index (χ3n) is 5.23. The van der Waals surface area contributed by atoms with Crippen LogP contribution in [0.25, 0.3) is 0 Å². The van der Waals surface area contributed by atoms with Gasteiger partial charge in [0.2, 0.25) is 0 Å². The second kappa shape index (κ2) is 10.9. The van der Waals surface area contributed by atoms with Crippen LogP contribution in [-0.4, -0.2) is 17.3 Å². The van der Waals surface area contributed by atoms with Crippen LogP contribution in [0.4, 0.5) is 0 Å². The van der Waals surface area contributed by atoms with Gasteiger partial charge in [-0.2, -0.15) is 0 Å². The van der Waals surface area contributed by atoms with Crippen LogP contribution in [0.3, 0.4) is 0 Å². The van der Waals surface area contributed by atoms with Gasteiger partial charge in [-0.1, -0.05) is 72.8 Å². The molecule has 158 valence electrons. The van der Waals surface area contributed by atoms with Gasteiger partial charge in [0, 0.05) is 20.4 Å². The lowest BCUT2D eigenvalue weighted by molar-refractivity contribution is 0.183. The first-order chi connectivity index (χ1) is 14.5. The smallest absolute Gasteiger partial charge is 0.120 e. The van der Waals surface area contributed by atoms with Crippen LogP contribution in [0.2, 0.25) is 5.02 Å². The number of aliphatic hydroxyl groups is 1. The second-order valence-corrected chi connectivity index (χ2v) is 9.03. The van der Waals surface area contributed by atoms with Crippen molar-refractivity contribution in [1.82, 2.24) is 0 Å². The van der Waals surface area contributed by atoms with Gasteiger partial charge in [0.1, 0.15) is 12.4 Å². The van der Waals surface area contributed by atoms with E-state index in [0.717, 1.165) is 44.5 Å². The number of hydrogen-bond acceptors (Lipinski definition) is 4. The normalized spacial score (nSPS) is 13.1. The number of ether oxygens (including phenoxy) is 1. The minimum atomic E-state index is -0.545. The summed E-state index contributed by atoms with van der Waals surface area (Å²) in [4.78, 5) is 2.16. The summed E-state index contributed by atoms with van der Waals surface area (Å²) in [7, 11) is 0. The van der Waals surface area contributed by atoms with Crippen molar-refractivity contribution in [2.24, 2.45) is 5.73 Å². The van der Waals surface area contributed by atoms with Crippen LogP contribution in [0, 0.1) is 0 Å². The number of aryl methyl sites for hydroxylation is 1. The van der Waals surface area contributed by atoms with Gasteiger partial charge in [-0.25, -0.2) is 0 Å². The fourth-order valence-electron chi connectivity index (χ4n) is 3.05. The van der Waals surface area contributed by atoms with Crippen molar-refractivity contribution < 1.29 is 9.84 Å². The van der Waals surface area contributed by atoms with E-state index in [9.17, 15) is 5.11 Å². The number of rotatable bonds is 10. The average molecular weight is 442 g/mol. The summed E-state index contributed by atoms with van der Waals surface area (Å²) >= 11 is 8.17. The number of nitrogens with two attached hydrogens (primary N) is 1. The quantitative estimate of drug-likeness (QED) is 0.399. The van der Waals surface area contributed by atoms with Crippen LogP contribution in [0.5, 0.6) is 5.75 Å². The topological polar surface area (TPSA) is 55.5 Å².